The van der Waals surface area contributed by atoms with Crippen molar-refractivity contribution in [1.29, 1.82) is 0 Å². The number of carbonyl (C=O) groups excluding carboxylic acids is 3. The quantitative estimate of drug-likeness (QED) is 0.201. The molecular weight excluding hydrogens is 544 g/mol. The van der Waals surface area contributed by atoms with E-state index in [-0.39, 0.29) is 18.2 Å². The molecule has 0 atom stereocenters. The maximum absolute atomic E-state index is 14.0. The van der Waals surface area contributed by atoms with Crippen molar-refractivity contribution in [2.24, 2.45) is 4.99 Å². The van der Waals surface area contributed by atoms with Gasteiger partial charge in [0.05, 0.1) is 41.3 Å². The third-order valence-electron chi connectivity index (χ3n) is 6.50. The summed E-state index contributed by atoms with van der Waals surface area (Å²) in [7, 11) is 3.30. The lowest BCUT2D eigenvalue weighted by molar-refractivity contribution is -0.122. The van der Waals surface area contributed by atoms with E-state index in [0.717, 1.165) is 26.9 Å². The maximum atomic E-state index is 14.0. The molecule has 0 aliphatic carbocycles. The largest absolute Gasteiger partial charge is 0.465 e. The van der Waals surface area contributed by atoms with Crippen molar-refractivity contribution in [3.63, 3.8) is 0 Å². The van der Waals surface area contributed by atoms with Crippen LogP contribution in [0.3, 0.4) is 0 Å². The smallest absolute Gasteiger partial charge is 0.337 e. The molecule has 0 bridgehead atoms. The summed E-state index contributed by atoms with van der Waals surface area (Å²) in [6, 6.07) is 20.4. The summed E-state index contributed by atoms with van der Waals surface area (Å²) in [4.78, 5) is 48.3. The van der Waals surface area contributed by atoms with Crippen LogP contribution < -0.4 is 10.2 Å². The number of aliphatic imine (C=N–C) groups is 1. The number of rotatable bonds is 7. The molecule has 0 aromatic heterocycles. The van der Waals surface area contributed by atoms with Crippen molar-refractivity contribution in [2.75, 3.05) is 30.9 Å². The molecule has 10 heteroatoms. The number of carbonyl (C=O) groups is 3. The molecule has 1 fully saturated rings. The molecule has 2 aliphatic heterocycles. The number of hydrogen-bond donors (Lipinski definition) is 1. The number of methoxy groups -OCH3 is 1. The number of esters is 1. The second-order valence-electron chi connectivity index (χ2n) is 9.16. The topological polar surface area (TPSA) is 91.3 Å². The van der Waals surface area contributed by atoms with Gasteiger partial charge >= 0.3 is 5.97 Å². The molecule has 0 radical (unpaired) electrons. The monoisotopic (exact) mass is 572 g/mol. The highest BCUT2D eigenvalue weighted by Crippen LogP contribution is 2.50. The minimum atomic E-state index is -0.421. The van der Waals surface area contributed by atoms with Gasteiger partial charge in [-0.3, -0.25) is 14.5 Å². The molecule has 8 nitrogen and oxygen atoms in total. The van der Waals surface area contributed by atoms with E-state index in [2.05, 4.69) is 5.32 Å². The fourth-order valence-electron chi connectivity index (χ4n) is 4.39. The summed E-state index contributed by atoms with van der Waals surface area (Å²) < 4.78 is 4.81. The summed E-state index contributed by atoms with van der Waals surface area (Å²) in [5.41, 5.74) is 4.21. The SMILES string of the molecule is CCNc1ccc(C(C)=O)cc1N=C1S/C(=C2\Sc3ccccc3N2C)C(=O)N1Cc1ccc(C(=O)OC)cc1. The minimum Gasteiger partial charge on any atom is -0.465 e. The standard InChI is InChI=1S/C30H28N4O4S2/c1-5-31-22-15-14-21(18(2)35)16-23(22)32-30-34(17-19-10-12-20(13-11-19)29(37)38-4)27(36)26(40-30)28-33(3)24-8-6-7-9-25(24)39-28/h6-16,31H,5,17H2,1-4H3/b28-26-,32-30?. The van der Waals surface area contributed by atoms with Gasteiger partial charge in [0.25, 0.3) is 5.91 Å². The van der Waals surface area contributed by atoms with Crippen LogP contribution in [-0.2, 0) is 16.1 Å². The average molecular weight is 573 g/mol. The molecule has 204 valence electrons. The Labute approximate surface area is 241 Å². The number of nitrogens with one attached hydrogen (secondary N) is 1. The van der Waals surface area contributed by atoms with E-state index in [0.29, 0.717) is 33.4 Å². The lowest BCUT2D eigenvalue weighted by Crippen LogP contribution is -2.29. The second-order valence-corrected chi connectivity index (χ2v) is 11.2. The molecule has 0 saturated carbocycles. The van der Waals surface area contributed by atoms with Crippen LogP contribution in [0, 0.1) is 0 Å². The molecule has 1 N–H and O–H groups in total. The van der Waals surface area contributed by atoms with Crippen molar-refractivity contribution in [1.82, 2.24) is 4.90 Å². The molecule has 40 heavy (non-hydrogen) atoms. The number of amidine groups is 1. The molecule has 1 saturated heterocycles. The first-order chi connectivity index (χ1) is 19.3. The van der Waals surface area contributed by atoms with E-state index in [1.807, 2.05) is 49.2 Å². The van der Waals surface area contributed by atoms with Crippen molar-refractivity contribution in [3.05, 3.63) is 93.4 Å². The molecule has 1 amide bonds. The van der Waals surface area contributed by atoms with Crippen LogP contribution in [0.25, 0.3) is 0 Å². The summed E-state index contributed by atoms with van der Waals surface area (Å²) in [5.74, 6) is -0.641. The Morgan fingerprint density at radius 1 is 1.00 bits per heavy atom. The van der Waals surface area contributed by atoms with Crippen LogP contribution in [0.5, 0.6) is 0 Å². The average Bonchev–Trinajstić information content (AvgIpc) is 3.45. The fourth-order valence-corrected chi connectivity index (χ4v) is 6.73. The van der Waals surface area contributed by atoms with Gasteiger partial charge in [-0.1, -0.05) is 36.0 Å². The lowest BCUT2D eigenvalue weighted by atomic mass is 10.1. The summed E-state index contributed by atoms with van der Waals surface area (Å²) in [6.45, 7) is 4.44. The van der Waals surface area contributed by atoms with Gasteiger partial charge in [-0.2, -0.15) is 0 Å². The van der Waals surface area contributed by atoms with Crippen molar-refractivity contribution in [2.45, 2.75) is 25.3 Å². The van der Waals surface area contributed by atoms with Gasteiger partial charge in [0.15, 0.2) is 11.0 Å². The van der Waals surface area contributed by atoms with E-state index in [9.17, 15) is 14.4 Å². The highest BCUT2D eigenvalue weighted by atomic mass is 32.2. The molecule has 3 aromatic carbocycles. The molecular formula is C30H28N4O4S2. The number of amides is 1. The zero-order valence-electron chi connectivity index (χ0n) is 22.6. The molecule has 0 unspecified atom stereocenters. The Morgan fingerprint density at radius 3 is 2.40 bits per heavy atom. The Hall–Kier alpha value is -4.02. The third-order valence-corrected chi connectivity index (χ3v) is 8.93. The van der Waals surface area contributed by atoms with Crippen molar-refractivity contribution in [3.8, 4) is 0 Å². The van der Waals surface area contributed by atoms with Crippen LogP contribution in [0.1, 0.15) is 40.1 Å². The molecule has 2 heterocycles. The van der Waals surface area contributed by atoms with Gasteiger partial charge in [0.1, 0.15) is 4.91 Å². The first-order valence-corrected chi connectivity index (χ1v) is 14.3. The number of benzene rings is 3. The first kappa shape index (κ1) is 27.5. The van der Waals surface area contributed by atoms with Gasteiger partial charge < -0.3 is 15.0 Å². The normalized spacial score (nSPS) is 17.4. The Bertz CT molecular complexity index is 1570. The summed E-state index contributed by atoms with van der Waals surface area (Å²) in [6.07, 6.45) is 0. The number of hydrogen-bond acceptors (Lipinski definition) is 9. The Morgan fingerprint density at radius 2 is 1.73 bits per heavy atom. The summed E-state index contributed by atoms with van der Waals surface area (Å²) >= 11 is 2.88. The highest BCUT2D eigenvalue weighted by Gasteiger charge is 2.39. The van der Waals surface area contributed by atoms with E-state index in [1.165, 1.54) is 25.8 Å². The van der Waals surface area contributed by atoms with Crippen LogP contribution in [0.15, 0.2) is 86.6 Å². The number of Topliss-reactive ketones (excluding diaryl/α,β-unsaturated/α-hetero) is 1. The molecule has 3 aromatic rings. The highest BCUT2D eigenvalue weighted by molar-refractivity contribution is 8.19. The van der Waals surface area contributed by atoms with E-state index >= 15 is 0 Å². The van der Waals surface area contributed by atoms with E-state index in [4.69, 9.17) is 9.73 Å². The second kappa shape index (κ2) is 11.6. The van der Waals surface area contributed by atoms with Gasteiger partial charge in [0, 0.05) is 24.1 Å². The van der Waals surface area contributed by atoms with Gasteiger partial charge in [-0.05, 0) is 73.6 Å². The fraction of sp³-hybridized carbons (Fsp3) is 0.200. The van der Waals surface area contributed by atoms with E-state index < -0.39 is 5.97 Å². The number of ketones is 1. The maximum Gasteiger partial charge on any atom is 0.337 e. The number of nitrogens with zero attached hydrogens (tertiary/aromatic N) is 3. The molecule has 2 aliphatic rings. The minimum absolute atomic E-state index is 0.0632. The van der Waals surface area contributed by atoms with Crippen LogP contribution in [0.4, 0.5) is 17.1 Å². The predicted octanol–water partition coefficient (Wildman–Crippen LogP) is 6.28. The van der Waals surface area contributed by atoms with Crippen LogP contribution >= 0.6 is 23.5 Å². The number of fused-ring (bicyclic) bond motifs is 1. The zero-order valence-corrected chi connectivity index (χ0v) is 24.2. The third kappa shape index (κ3) is 5.37. The lowest BCUT2D eigenvalue weighted by Gasteiger charge is -2.17. The number of thioether (sulfide) groups is 2. The van der Waals surface area contributed by atoms with Crippen LogP contribution in [0.2, 0.25) is 0 Å². The number of para-hydroxylation sites is 1. The Kier molecular flexibility index (Phi) is 7.99. The van der Waals surface area contributed by atoms with Crippen molar-refractivity contribution >= 4 is 63.4 Å². The Balaban J connectivity index is 1.57. The number of ether oxygens (including phenoxy) is 1. The zero-order chi connectivity index (χ0) is 28.4. The van der Waals surface area contributed by atoms with Gasteiger partial charge in [0.2, 0.25) is 0 Å². The van der Waals surface area contributed by atoms with Gasteiger partial charge in [-0.15, -0.1) is 0 Å². The van der Waals surface area contributed by atoms with Gasteiger partial charge in [-0.25, -0.2) is 9.79 Å². The van der Waals surface area contributed by atoms with E-state index in [1.54, 1.807) is 53.1 Å². The van der Waals surface area contributed by atoms with Crippen molar-refractivity contribution < 1.29 is 19.1 Å². The molecule has 0 spiro atoms. The summed E-state index contributed by atoms with van der Waals surface area (Å²) in [5, 5.41) is 4.65. The predicted molar refractivity (Wildman–Crippen MR) is 161 cm³/mol. The number of anilines is 2. The van der Waals surface area contributed by atoms with Crippen LogP contribution in [-0.4, -0.2) is 48.4 Å². The first-order valence-electron chi connectivity index (χ1n) is 12.7. The molecule has 5 rings (SSSR count).